The van der Waals surface area contributed by atoms with Crippen molar-refractivity contribution in [2.24, 2.45) is 0 Å². The SMILES string of the molecule is Cc1cc(NC(=S)N[C@H](C)c2ccc(N3CCCCC3)cc2)ccc1Br. The lowest BCUT2D eigenvalue weighted by Gasteiger charge is -2.29. The zero-order valence-electron chi connectivity index (χ0n) is 15.4. The quantitative estimate of drug-likeness (QED) is 0.598. The maximum atomic E-state index is 5.47. The summed E-state index contributed by atoms with van der Waals surface area (Å²) in [4.78, 5) is 2.48. The third kappa shape index (κ3) is 4.98. The van der Waals surface area contributed by atoms with Crippen molar-refractivity contribution < 1.29 is 0 Å². The molecule has 3 rings (SSSR count). The Hall–Kier alpha value is -1.59. The predicted molar refractivity (Wildman–Crippen MR) is 119 cm³/mol. The number of aryl methyl sites for hydroxylation is 1. The van der Waals surface area contributed by atoms with Gasteiger partial charge in [-0.25, -0.2) is 0 Å². The van der Waals surface area contributed by atoms with Gasteiger partial charge >= 0.3 is 0 Å². The maximum Gasteiger partial charge on any atom is 0.171 e. The van der Waals surface area contributed by atoms with E-state index < -0.39 is 0 Å². The third-order valence-electron chi connectivity index (χ3n) is 4.88. The van der Waals surface area contributed by atoms with Crippen molar-refractivity contribution in [1.82, 2.24) is 5.32 Å². The number of piperidine rings is 1. The van der Waals surface area contributed by atoms with Crippen LogP contribution in [0.25, 0.3) is 0 Å². The molecule has 2 N–H and O–H groups in total. The van der Waals surface area contributed by atoms with Crippen LogP contribution in [0.5, 0.6) is 0 Å². The largest absolute Gasteiger partial charge is 0.372 e. The Bertz CT molecular complexity index is 754. The molecule has 0 radical (unpaired) electrons. The van der Waals surface area contributed by atoms with Crippen molar-refractivity contribution in [3.05, 3.63) is 58.1 Å². The standard InChI is InChI=1S/C21H26BrN3S/c1-15-14-18(8-11-20(15)22)24-21(26)23-16(2)17-6-9-19(10-7-17)25-12-4-3-5-13-25/h6-11,14,16H,3-5,12-13H2,1-2H3,(H2,23,24,26)/t16-/m1/s1. The number of anilines is 2. The van der Waals surface area contributed by atoms with Gasteiger partial charge in [0.25, 0.3) is 0 Å². The average molecular weight is 432 g/mol. The van der Waals surface area contributed by atoms with E-state index in [1.165, 1.54) is 49.2 Å². The number of thiocarbonyl (C=S) groups is 1. The molecule has 0 saturated carbocycles. The smallest absolute Gasteiger partial charge is 0.171 e. The van der Waals surface area contributed by atoms with Gasteiger partial charge in [0.1, 0.15) is 0 Å². The molecule has 26 heavy (non-hydrogen) atoms. The zero-order valence-corrected chi connectivity index (χ0v) is 17.8. The second kappa shape index (κ2) is 8.87. The van der Waals surface area contributed by atoms with Crippen LogP contribution in [0.15, 0.2) is 46.9 Å². The number of hydrogen-bond acceptors (Lipinski definition) is 2. The summed E-state index contributed by atoms with van der Waals surface area (Å²) in [7, 11) is 0. The van der Waals surface area contributed by atoms with Gasteiger partial charge in [0.15, 0.2) is 5.11 Å². The Morgan fingerprint density at radius 2 is 1.77 bits per heavy atom. The fourth-order valence-corrected chi connectivity index (χ4v) is 3.84. The first-order valence-electron chi connectivity index (χ1n) is 9.21. The molecule has 2 aromatic rings. The van der Waals surface area contributed by atoms with Gasteiger partial charge in [0, 0.05) is 28.9 Å². The number of rotatable bonds is 4. The van der Waals surface area contributed by atoms with Gasteiger partial charge in [-0.15, -0.1) is 0 Å². The first kappa shape index (κ1) is 19.2. The molecule has 1 aliphatic heterocycles. The normalized spacial score (nSPS) is 15.4. The first-order chi connectivity index (χ1) is 12.5. The molecule has 3 nitrogen and oxygen atoms in total. The molecule has 0 aromatic heterocycles. The molecular weight excluding hydrogens is 406 g/mol. The molecule has 5 heteroatoms. The monoisotopic (exact) mass is 431 g/mol. The Labute approximate surface area is 170 Å². The number of benzene rings is 2. The number of nitrogens with zero attached hydrogens (tertiary/aromatic N) is 1. The van der Waals surface area contributed by atoms with Gasteiger partial charge in [-0.05, 0) is 86.8 Å². The predicted octanol–water partition coefficient (Wildman–Crippen LogP) is 5.80. The molecule has 1 fully saturated rings. The lowest BCUT2D eigenvalue weighted by molar-refractivity contribution is 0.577. The van der Waals surface area contributed by atoms with Gasteiger partial charge in [-0.1, -0.05) is 28.1 Å². The molecule has 0 unspecified atom stereocenters. The molecular formula is C21H26BrN3S. The van der Waals surface area contributed by atoms with Crippen LogP contribution in [0.2, 0.25) is 0 Å². The van der Waals surface area contributed by atoms with Gasteiger partial charge in [-0.3, -0.25) is 0 Å². The van der Waals surface area contributed by atoms with E-state index in [9.17, 15) is 0 Å². The molecule has 0 bridgehead atoms. The van der Waals surface area contributed by atoms with E-state index in [0.29, 0.717) is 5.11 Å². The molecule has 1 heterocycles. The fourth-order valence-electron chi connectivity index (χ4n) is 3.30. The van der Waals surface area contributed by atoms with Crippen molar-refractivity contribution in [1.29, 1.82) is 0 Å². The first-order valence-corrected chi connectivity index (χ1v) is 10.4. The summed E-state index contributed by atoms with van der Waals surface area (Å²) in [5.41, 5.74) is 4.74. The van der Waals surface area contributed by atoms with E-state index in [1.54, 1.807) is 0 Å². The fraction of sp³-hybridized carbons (Fsp3) is 0.381. The van der Waals surface area contributed by atoms with E-state index >= 15 is 0 Å². The van der Waals surface area contributed by atoms with Crippen molar-refractivity contribution in [2.75, 3.05) is 23.3 Å². The average Bonchev–Trinajstić information content (AvgIpc) is 2.65. The number of hydrogen-bond donors (Lipinski definition) is 2. The summed E-state index contributed by atoms with van der Waals surface area (Å²) < 4.78 is 1.10. The molecule has 0 amide bonds. The Balaban J connectivity index is 1.57. The van der Waals surface area contributed by atoms with E-state index in [4.69, 9.17) is 12.2 Å². The van der Waals surface area contributed by atoms with Crippen LogP contribution in [0, 0.1) is 6.92 Å². The van der Waals surface area contributed by atoms with E-state index in [2.05, 4.69) is 75.6 Å². The lowest BCUT2D eigenvalue weighted by Crippen LogP contribution is -2.31. The molecule has 0 spiro atoms. The minimum atomic E-state index is 0.155. The topological polar surface area (TPSA) is 27.3 Å². The summed E-state index contributed by atoms with van der Waals surface area (Å²) in [6.45, 7) is 6.55. The maximum absolute atomic E-state index is 5.47. The summed E-state index contributed by atoms with van der Waals surface area (Å²) in [5.74, 6) is 0. The van der Waals surface area contributed by atoms with Crippen LogP contribution < -0.4 is 15.5 Å². The minimum Gasteiger partial charge on any atom is -0.372 e. The molecule has 1 aliphatic rings. The summed E-state index contributed by atoms with van der Waals surface area (Å²) in [6.07, 6.45) is 3.96. The van der Waals surface area contributed by atoms with E-state index in [-0.39, 0.29) is 6.04 Å². The molecule has 2 aromatic carbocycles. The van der Waals surface area contributed by atoms with Crippen molar-refractivity contribution in [3.63, 3.8) is 0 Å². The Morgan fingerprint density at radius 1 is 1.08 bits per heavy atom. The molecule has 1 saturated heterocycles. The van der Waals surface area contributed by atoms with Crippen molar-refractivity contribution >= 4 is 44.6 Å². The van der Waals surface area contributed by atoms with Crippen LogP contribution >= 0.6 is 28.1 Å². The third-order valence-corrected chi connectivity index (χ3v) is 5.99. The number of halogens is 1. The van der Waals surface area contributed by atoms with Crippen LogP contribution in [0.3, 0.4) is 0 Å². The van der Waals surface area contributed by atoms with Crippen LogP contribution in [0.4, 0.5) is 11.4 Å². The lowest BCUT2D eigenvalue weighted by atomic mass is 10.1. The van der Waals surface area contributed by atoms with Gasteiger partial charge in [-0.2, -0.15) is 0 Å². The highest BCUT2D eigenvalue weighted by Gasteiger charge is 2.12. The van der Waals surface area contributed by atoms with Crippen LogP contribution in [0.1, 0.15) is 43.4 Å². The second-order valence-corrected chi connectivity index (χ2v) is 8.19. The minimum absolute atomic E-state index is 0.155. The number of nitrogens with one attached hydrogen (secondary N) is 2. The Morgan fingerprint density at radius 3 is 2.42 bits per heavy atom. The highest BCUT2D eigenvalue weighted by Crippen LogP contribution is 2.23. The highest BCUT2D eigenvalue weighted by atomic mass is 79.9. The van der Waals surface area contributed by atoms with E-state index in [1.807, 2.05) is 12.1 Å². The highest BCUT2D eigenvalue weighted by molar-refractivity contribution is 9.10. The molecule has 0 aliphatic carbocycles. The molecule has 1 atom stereocenters. The van der Waals surface area contributed by atoms with Gasteiger partial charge in [0.2, 0.25) is 0 Å². The zero-order chi connectivity index (χ0) is 18.5. The Kier molecular flexibility index (Phi) is 6.54. The van der Waals surface area contributed by atoms with Crippen LogP contribution in [-0.2, 0) is 0 Å². The summed E-state index contributed by atoms with van der Waals surface area (Å²) in [6, 6.07) is 15.1. The van der Waals surface area contributed by atoms with Gasteiger partial charge in [0.05, 0.1) is 6.04 Å². The second-order valence-electron chi connectivity index (χ2n) is 6.92. The molecule has 138 valence electrons. The van der Waals surface area contributed by atoms with E-state index in [0.717, 1.165) is 10.2 Å². The van der Waals surface area contributed by atoms with Crippen LogP contribution in [-0.4, -0.2) is 18.2 Å². The van der Waals surface area contributed by atoms with Gasteiger partial charge < -0.3 is 15.5 Å². The van der Waals surface area contributed by atoms with Crippen molar-refractivity contribution in [2.45, 2.75) is 39.2 Å². The summed E-state index contributed by atoms with van der Waals surface area (Å²) >= 11 is 9.00. The summed E-state index contributed by atoms with van der Waals surface area (Å²) in [5, 5.41) is 7.28. The van der Waals surface area contributed by atoms with Crippen molar-refractivity contribution in [3.8, 4) is 0 Å².